The van der Waals surface area contributed by atoms with E-state index < -0.39 is 6.10 Å². The fourth-order valence-electron chi connectivity index (χ4n) is 1.76. The zero-order chi connectivity index (χ0) is 11.5. The van der Waals surface area contributed by atoms with Gasteiger partial charge >= 0.3 is 0 Å². The van der Waals surface area contributed by atoms with Gasteiger partial charge in [0.2, 0.25) is 0 Å². The Morgan fingerprint density at radius 3 is 2.50 bits per heavy atom. The van der Waals surface area contributed by atoms with E-state index in [1.54, 1.807) is 12.5 Å². The molecular weight excluding hydrogens is 200 g/mol. The first kappa shape index (κ1) is 10.9. The topological polar surface area (TPSA) is 38.0 Å². The fraction of sp³-hybridized carbons (Fsp3) is 0.308. The van der Waals surface area contributed by atoms with Crippen LogP contribution < -0.4 is 0 Å². The summed E-state index contributed by atoms with van der Waals surface area (Å²) in [6.07, 6.45) is 2.87. The number of nitrogens with zero attached hydrogens (tertiary/aromatic N) is 2. The number of imidazole rings is 1. The van der Waals surface area contributed by atoms with Crippen molar-refractivity contribution in [3.63, 3.8) is 0 Å². The molecule has 2 aromatic rings. The molecule has 1 heterocycles. The van der Waals surface area contributed by atoms with Gasteiger partial charge in [-0.3, -0.25) is 0 Å². The number of hydrogen-bond donors (Lipinski definition) is 1. The molecule has 1 N–H and O–H groups in total. The molecule has 16 heavy (non-hydrogen) atoms. The minimum atomic E-state index is -0.605. The van der Waals surface area contributed by atoms with Crippen molar-refractivity contribution < 1.29 is 5.11 Å². The van der Waals surface area contributed by atoms with Crippen LogP contribution in [0.15, 0.2) is 42.9 Å². The predicted molar refractivity (Wildman–Crippen MR) is 63.1 cm³/mol. The Morgan fingerprint density at radius 2 is 1.88 bits per heavy atom. The maximum absolute atomic E-state index is 10.2. The Bertz CT molecular complexity index is 448. The van der Waals surface area contributed by atoms with E-state index in [1.165, 1.54) is 0 Å². The summed E-state index contributed by atoms with van der Waals surface area (Å²) in [6, 6.07) is 9.93. The van der Waals surface area contributed by atoms with Gasteiger partial charge in [0.15, 0.2) is 0 Å². The van der Waals surface area contributed by atoms with Crippen molar-refractivity contribution in [3.05, 3.63) is 54.1 Å². The summed E-state index contributed by atoms with van der Waals surface area (Å²) in [6.45, 7) is 4.14. The van der Waals surface area contributed by atoms with Crippen LogP contribution in [0.4, 0.5) is 0 Å². The summed E-state index contributed by atoms with van der Waals surface area (Å²) in [7, 11) is 0. The van der Waals surface area contributed by atoms with Gasteiger partial charge in [0.1, 0.15) is 6.10 Å². The van der Waals surface area contributed by atoms with Gasteiger partial charge in [-0.2, -0.15) is 0 Å². The Morgan fingerprint density at radius 1 is 1.19 bits per heavy atom. The zero-order valence-electron chi connectivity index (χ0n) is 9.54. The summed E-state index contributed by atoms with van der Waals surface area (Å²) in [4.78, 5) is 4.09. The average molecular weight is 216 g/mol. The molecule has 1 aromatic carbocycles. The third kappa shape index (κ3) is 1.99. The van der Waals surface area contributed by atoms with Crippen LogP contribution in [0.25, 0.3) is 0 Å². The molecule has 0 bridgehead atoms. The van der Waals surface area contributed by atoms with Gasteiger partial charge in [-0.05, 0) is 19.4 Å². The van der Waals surface area contributed by atoms with Crippen LogP contribution in [0.1, 0.15) is 37.3 Å². The van der Waals surface area contributed by atoms with Gasteiger partial charge in [0.05, 0.1) is 18.2 Å². The molecule has 0 aliphatic heterocycles. The van der Waals surface area contributed by atoms with Crippen LogP contribution in [-0.2, 0) is 0 Å². The van der Waals surface area contributed by atoms with E-state index >= 15 is 0 Å². The molecule has 0 saturated heterocycles. The zero-order valence-corrected chi connectivity index (χ0v) is 9.54. The van der Waals surface area contributed by atoms with E-state index in [9.17, 15) is 5.11 Å². The Kier molecular flexibility index (Phi) is 3.06. The van der Waals surface area contributed by atoms with E-state index in [0.29, 0.717) is 6.04 Å². The fourth-order valence-corrected chi connectivity index (χ4v) is 1.76. The lowest BCUT2D eigenvalue weighted by Gasteiger charge is -2.16. The van der Waals surface area contributed by atoms with Gasteiger partial charge < -0.3 is 9.67 Å². The number of aliphatic hydroxyl groups is 1. The maximum Gasteiger partial charge on any atom is 0.121 e. The predicted octanol–water partition coefficient (Wildman–Crippen LogP) is 2.55. The van der Waals surface area contributed by atoms with Gasteiger partial charge in [-0.25, -0.2) is 4.98 Å². The third-order valence-corrected chi connectivity index (χ3v) is 2.65. The minimum Gasteiger partial charge on any atom is -0.382 e. The highest BCUT2D eigenvalue weighted by Crippen LogP contribution is 2.23. The molecule has 0 saturated carbocycles. The lowest BCUT2D eigenvalue weighted by molar-refractivity contribution is 0.208. The van der Waals surface area contributed by atoms with Crippen LogP contribution in [0.5, 0.6) is 0 Å². The van der Waals surface area contributed by atoms with E-state index in [4.69, 9.17) is 0 Å². The second-order valence-electron chi connectivity index (χ2n) is 4.13. The van der Waals surface area contributed by atoms with E-state index in [-0.39, 0.29) is 0 Å². The first-order chi connectivity index (χ1) is 7.70. The Labute approximate surface area is 95.4 Å². The van der Waals surface area contributed by atoms with Crippen molar-refractivity contribution in [2.75, 3.05) is 0 Å². The van der Waals surface area contributed by atoms with Crippen LogP contribution in [-0.4, -0.2) is 14.7 Å². The normalized spacial score (nSPS) is 13.0. The van der Waals surface area contributed by atoms with Crippen molar-refractivity contribution in [1.29, 1.82) is 0 Å². The third-order valence-electron chi connectivity index (χ3n) is 2.65. The van der Waals surface area contributed by atoms with Gasteiger partial charge in [0, 0.05) is 6.04 Å². The van der Waals surface area contributed by atoms with Gasteiger partial charge in [-0.15, -0.1) is 0 Å². The summed E-state index contributed by atoms with van der Waals surface area (Å²) < 4.78 is 1.98. The van der Waals surface area contributed by atoms with Crippen molar-refractivity contribution >= 4 is 0 Å². The number of rotatable bonds is 3. The summed E-state index contributed by atoms with van der Waals surface area (Å²) >= 11 is 0. The molecule has 1 unspecified atom stereocenters. The van der Waals surface area contributed by atoms with Crippen LogP contribution in [0.2, 0.25) is 0 Å². The molecule has 84 valence electrons. The molecular formula is C13H16N2O. The average Bonchev–Trinajstić information content (AvgIpc) is 2.78. The van der Waals surface area contributed by atoms with Crippen LogP contribution in [0.3, 0.4) is 0 Å². The monoisotopic (exact) mass is 216 g/mol. The summed E-state index contributed by atoms with van der Waals surface area (Å²) in [5, 5.41) is 10.2. The lowest BCUT2D eigenvalue weighted by atomic mass is 10.1. The van der Waals surface area contributed by atoms with E-state index in [2.05, 4.69) is 18.8 Å². The summed E-state index contributed by atoms with van der Waals surface area (Å²) in [5.74, 6) is 0. The first-order valence-corrected chi connectivity index (χ1v) is 5.45. The van der Waals surface area contributed by atoms with Gasteiger partial charge in [-0.1, -0.05) is 30.3 Å². The molecule has 0 fully saturated rings. The molecule has 0 aliphatic carbocycles. The SMILES string of the molecule is CC(C)n1cncc1C(O)c1ccccc1. The van der Waals surface area contributed by atoms with Crippen molar-refractivity contribution in [3.8, 4) is 0 Å². The van der Waals surface area contributed by atoms with Crippen molar-refractivity contribution in [2.45, 2.75) is 26.0 Å². The standard InChI is InChI=1S/C13H16N2O/c1-10(2)15-9-14-8-12(15)13(16)11-6-4-3-5-7-11/h3-10,13,16H,1-2H3. The van der Waals surface area contributed by atoms with E-state index in [1.807, 2.05) is 34.9 Å². The molecule has 1 atom stereocenters. The largest absolute Gasteiger partial charge is 0.382 e. The van der Waals surface area contributed by atoms with Gasteiger partial charge in [0.25, 0.3) is 0 Å². The molecule has 0 spiro atoms. The highest BCUT2D eigenvalue weighted by Gasteiger charge is 2.15. The minimum absolute atomic E-state index is 0.302. The lowest BCUT2D eigenvalue weighted by Crippen LogP contribution is -2.09. The highest BCUT2D eigenvalue weighted by atomic mass is 16.3. The Balaban J connectivity index is 2.34. The Hall–Kier alpha value is -1.61. The second-order valence-corrected chi connectivity index (χ2v) is 4.13. The number of benzene rings is 1. The number of aliphatic hydroxyl groups excluding tert-OH is 1. The quantitative estimate of drug-likeness (QED) is 0.856. The summed E-state index contributed by atoms with van der Waals surface area (Å²) in [5.41, 5.74) is 1.73. The number of hydrogen-bond acceptors (Lipinski definition) is 2. The first-order valence-electron chi connectivity index (χ1n) is 5.45. The van der Waals surface area contributed by atoms with E-state index in [0.717, 1.165) is 11.3 Å². The van der Waals surface area contributed by atoms with Crippen molar-refractivity contribution in [2.24, 2.45) is 0 Å². The van der Waals surface area contributed by atoms with Crippen LogP contribution >= 0.6 is 0 Å². The number of aromatic nitrogens is 2. The van der Waals surface area contributed by atoms with Crippen LogP contribution in [0, 0.1) is 0 Å². The molecule has 0 aliphatic rings. The maximum atomic E-state index is 10.2. The molecule has 0 radical (unpaired) electrons. The smallest absolute Gasteiger partial charge is 0.121 e. The molecule has 2 rings (SSSR count). The van der Waals surface area contributed by atoms with Crippen molar-refractivity contribution in [1.82, 2.24) is 9.55 Å². The highest BCUT2D eigenvalue weighted by molar-refractivity contribution is 5.25. The molecule has 0 amide bonds. The molecule has 1 aromatic heterocycles. The molecule has 3 nitrogen and oxygen atoms in total. The molecule has 3 heteroatoms. The second kappa shape index (κ2) is 4.49.